The van der Waals surface area contributed by atoms with Crippen LogP contribution in [0.3, 0.4) is 0 Å². The normalized spacial score (nSPS) is 11.0. The summed E-state index contributed by atoms with van der Waals surface area (Å²) in [5.74, 6) is 1.90. The molecule has 0 atom stereocenters. The van der Waals surface area contributed by atoms with Crippen molar-refractivity contribution < 1.29 is 9.26 Å². The molecule has 0 aliphatic rings. The van der Waals surface area contributed by atoms with Crippen molar-refractivity contribution in [3.05, 3.63) is 59.2 Å². The van der Waals surface area contributed by atoms with E-state index in [1.54, 1.807) is 18.4 Å². The third-order valence-corrected chi connectivity index (χ3v) is 5.41. The number of thiophene rings is 1. The molecule has 5 nitrogen and oxygen atoms in total. The lowest BCUT2D eigenvalue weighted by Gasteiger charge is -2.02. The van der Waals surface area contributed by atoms with E-state index in [1.807, 2.05) is 48.8 Å². The van der Waals surface area contributed by atoms with Crippen LogP contribution in [-0.4, -0.2) is 21.8 Å². The number of ether oxygens (including phenoxy) is 1. The summed E-state index contributed by atoms with van der Waals surface area (Å²) in [4.78, 5) is 5.87. The third kappa shape index (κ3) is 2.74. The Balaban J connectivity index is 1.78. The van der Waals surface area contributed by atoms with Crippen LogP contribution in [0.25, 0.3) is 27.8 Å². The maximum absolute atomic E-state index is 5.51. The topological polar surface area (TPSA) is 53.1 Å². The van der Waals surface area contributed by atoms with Gasteiger partial charge in [-0.1, -0.05) is 5.16 Å². The number of methoxy groups -OCH3 is 1. The van der Waals surface area contributed by atoms with Gasteiger partial charge < -0.3 is 13.8 Å². The Morgan fingerprint density at radius 2 is 1.80 bits per heavy atom. The van der Waals surface area contributed by atoms with E-state index in [1.165, 1.54) is 10.4 Å². The van der Waals surface area contributed by atoms with Gasteiger partial charge >= 0.3 is 0 Å². The molecule has 6 heteroatoms. The molecule has 1 aromatic carbocycles. The standard InChI is InChI=1S/C19H17N3O2S/c1-12-13(2)25-19(22-10-4-5-11-22)16(12)17-20-18(24-21-17)14-6-8-15(23-3)9-7-14/h4-11H,1-3H3. The molecule has 4 aromatic rings. The van der Waals surface area contributed by atoms with Gasteiger partial charge in [-0.15, -0.1) is 11.3 Å². The summed E-state index contributed by atoms with van der Waals surface area (Å²) < 4.78 is 12.8. The molecule has 3 aromatic heterocycles. The minimum Gasteiger partial charge on any atom is -0.497 e. The summed E-state index contributed by atoms with van der Waals surface area (Å²) in [6.07, 6.45) is 4.05. The van der Waals surface area contributed by atoms with Crippen LogP contribution in [0, 0.1) is 13.8 Å². The Morgan fingerprint density at radius 1 is 1.08 bits per heavy atom. The van der Waals surface area contributed by atoms with Crippen LogP contribution in [0.15, 0.2) is 53.3 Å². The highest BCUT2D eigenvalue weighted by Gasteiger charge is 2.21. The molecule has 126 valence electrons. The fourth-order valence-corrected chi connectivity index (χ4v) is 3.82. The first kappa shape index (κ1) is 15.7. The Bertz CT molecular complexity index is 998. The number of hydrogen-bond acceptors (Lipinski definition) is 5. The summed E-state index contributed by atoms with van der Waals surface area (Å²) in [7, 11) is 1.64. The monoisotopic (exact) mass is 351 g/mol. The largest absolute Gasteiger partial charge is 0.497 e. The van der Waals surface area contributed by atoms with Crippen LogP contribution >= 0.6 is 11.3 Å². The van der Waals surface area contributed by atoms with E-state index in [9.17, 15) is 0 Å². The number of rotatable bonds is 4. The highest BCUT2D eigenvalue weighted by Crippen LogP contribution is 2.38. The molecule has 25 heavy (non-hydrogen) atoms. The van der Waals surface area contributed by atoms with Crippen molar-refractivity contribution in [1.82, 2.24) is 14.7 Å². The summed E-state index contributed by atoms with van der Waals surface area (Å²) in [6, 6.07) is 11.6. The number of nitrogens with zero attached hydrogens (tertiary/aromatic N) is 3. The van der Waals surface area contributed by atoms with Gasteiger partial charge in [-0.05, 0) is 55.8 Å². The zero-order chi connectivity index (χ0) is 17.4. The smallest absolute Gasteiger partial charge is 0.258 e. The number of aromatic nitrogens is 3. The fraction of sp³-hybridized carbons (Fsp3) is 0.158. The molecular weight excluding hydrogens is 334 g/mol. The van der Waals surface area contributed by atoms with Crippen molar-refractivity contribution in [2.24, 2.45) is 0 Å². The van der Waals surface area contributed by atoms with Gasteiger partial charge in [0.25, 0.3) is 5.89 Å². The molecule has 3 heterocycles. The molecule has 0 radical (unpaired) electrons. The van der Waals surface area contributed by atoms with Crippen LogP contribution < -0.4 is 4.74 Å². The average Bonchev–Trinajstić information content (AvgIpc) is 3.37. The van der Waals surface area contributed by atoms with Gasteiger partial charge in [-0.3, -0.25) is 0 Å². The zero-order valence-electron chi connectivity index (χ0n) is 14.2. The predicted octanol–water partition coefficient (Wildman–Crippen LogP) is 4.88. The van der Waals surface area contributed by atoms with Crippen LogP contribution in [0.4, 0.5) is 0 Å². The van der Waals surface area contributed by atoms with E-state index in [0.717, 1.165) is 21.9 Å². The van der Waals surface area contributed by atoms with E-state index in [0.29, 0.717) is 11.7 Å². The van der Waals surface area contributed by atoms with Crippen LogP contribution in [0.2, 0.25) is 0 Å². The number of benzene rings is 1. The molecule has 0 N–H and O–H groups in total. The zero-order valence-corrected chi connectivity index (χ0v) is 15.0. The first-order valence-corrected chi connectivity index (χ1v) is 8.71. The Labute approximate surface area is 149 Å². The number of hydrogen-bond donors (Lipinski definition) is 0. The molecule has 0 saturated carbocycles. The van der Waals surface area contributed by atoms with Crippen LogP contribution in [-0.2, 0) is 0 Å². The third-order valence-electron chi connectivity index (χ3n) is 4.19. The van der Waals surface area contributed by atoms with Gasteiger partial charge in [0.05, 0.1) is 12.7 Å². The molecule has 0 unspecified atom stereocenters. The Kier molecular flexibility index (Phi) is 3.89. The molecule has 4 rings (SSSR count). The van der Waals surface area contributed by atoms with E-state index in [4.69, 9.17) is 9.26 Å². The molecule has 0 spiro atoms. The average molecular weight is 351 g/mol. The number of aryl methyl sites for hydroxylation is 1. The van der Waals surface area contributed by atoms with Crippen molar-refractivity contribution in [3.8, 4) is 33.6 Å². The van der Waals surface area contributed by atoms with Crippen molar-refractivity contribution in [1.29, 1.82) is 0 Å². The first-order chi connectivity index (χ1) is 12.2. The van der Waals surface area contributed by atoms with E-state index >= 15 is 0 Å². The van der Waals surface area contributed by atoms with Crippen LogP contribution in [0.1, 0.15) is 10.4 Å². The summed E-state index contributed by atoms with van der Waals surface area (Å²) in [5.41, 5.74) is 3.06. The van der Waals surface area contributed by atoms with E-state index in [-0.39, 0.29) is 0 Å². The Morgan fingerprint density at radius 3 is 2.48 bits per heavy atom. The van der Waals surface area contributed by atoms with E-state index < -0.39 is 0 Å². The van der Waals surface area contributed by atoms with E-state index in [2.05, 4.69) is 28.6 Å². The van der Waals surface area contributed by atoms with Gasteiger partial charge in [0.2, 0.25) is 5.82 Å². The lowest BCUT2D eigenvalue weighted by molar-refractivity contribution is 0.414. The molecule has 0 aliphatic carbocycles. The van der Waals surface area contributed by atoms with Crippen LogP contribution in [0.5, 0.6) is 5.75 Å². The first-order valence-electron chi connectivity index (χ1n) is 7.89. The maximum Gasteiger partial charge on any atom is 0.258 e. The molecule has 0 amide bonds. The summed E-state index contributed by atoms with van der Waals surface area (Å²) >= 11 is 1.73. The lowest BCUT2D eigenvalue weighted by Crippen LogP contribution is -1.91. The fourth-order valence-electron chi connectivity index (χ4n) is 2.70. The second-order valence-electron chi connectivity index (χ2n) is 5.71. The van der Waals surface area contributed by atoms with Crippen molar-refractivity contribution in [2.75, 3.05) is 7.11 Å². The summed E-state index contributed by atoms with van der Waals surface area (Å²) in [5, 5.41) is 5.33. The minimum atomic E-state index is 0.499. The Hall–Kier alpha value is -2.86. The molecular formula is C19H17N3O2S. The van der Waals surface area contributed by atoms with Gasteiger partial charge in [-0.25, -0.2) is 0 Å². The molecule has 0 bridgehead atoms. The second-order valence-corrected chi connectivity index (χ2v) is 6.91. The second kappa shape index (κ2) is 6.22. The van der Waals surface area contributed by atoms with Crippen molar-refractivity contribution in [3.63, 3.8) is 0 Å². The minimum absolute atomic E-state index is 0.499. The highest BCUT2D eigenvalue weighted by molar-refractivity contribution is 7.15. The van der Waals surface area contributed by atoms with Crippen molar-refractivity contribution in [2.45, 2.75) is 13.8 Å². The molecule has 0 fully saturated rings. The maximum atomic E-state index is 5.51. The molecule has 0 aliphatic heterocycles. The van der Waals surface area contributed by atoms with Gasteiger partial charge in [0.15, 0.2) is 0 Å². The van der Waals surface area contributed by atoms with Crippen molar-refractivity contribution >= 4 is 11.3 Å². The SMILES string of the molecule is COc1ccc(-c2nc(-c3c(-n4cccc4)sc(C)c3C)no2)cc1. The molecule has 0 saturated heterocycles. The quantitative estimate of drug-likeness (QED) is 0.526. The highest BCUT2D eigenvalue weighted by atomic mass is 32.1. The lowest BCUT2D eigenvalue weighted by atomic mass is 10.1. The predicted molar refractivity (Wildman–Crippen MR) is 98.4 cm³/mol. The van der Waals surface area contributed by atoms with Gasteiger partial charge in [0, 0.05) is 22.8 Å². The van der Waals surface area contributed by atoms with Gasteiger partial charge in [-0.2, -0.15) is 4.98 Å². The van der Waals surface area contributed by atoms with Gasteiger partial charge in [0.1, 0.15) is 10.8 Å². The summed E-state index contributed by atoms with van der Waals surface area (Å²) in [6.45, 7) is 4.21.